The molecule has 4 heteroatoms. The number of hydrogen-bond donors (Lipinski definition) is 1. The maximum atomic E-state index is 12.4. The molecule has 0 heterocycles. The Balaban J connectivity index is 2.60. The van der Waals surface area contributed by atoms with Crippen LogP contribution in [0.2, 0.25) is 0 Å². The molecule has 0 aliphatic heterocycles. The number of alkyl halides is 3. The first-order valence-electron chi connectivity index (χ1n) is 6.66. The minimum absolute atomic E-state index is 0.319. The molecule has 0 aliphatic rings. The van der Waals surface area contributed by atoms with Crippen LogP contribution < -0.4 is 5.32 Å². The highest BCUT2D eigenvalue weighted by molar-refractivity contribution is 5.25. The SMILES string of the molecule is CNC(CCC(C)C)Cc1ccc(C(F)(F)F)cc1. The molecule has 108 valence electrons. The third kappa shape index (κ3) is 5.64. The van der Waals surface area contributed by atoms with E-state index < -0.39 is 11.7 Å². The molecule has 0 amide bonds. The molecule has 19 heavy (non-hydrogen) atoms. The second-order valence-electron chi connectivity index (χ2n) is 5.36. The summed E-state index contributed by atoms with van der Waals surface area (Å²) in [4.78, 5) is 0. The van der Waals surface area contributed by atoms with Gasteiger partial charge in [-0.05, 0) is 49.9 Å². The lowest BCUT2D eigenvalue weighted by Crippen LogP contribution is -2.27. The van der Waals surface area contributed by atoms with Crippen molar-refractivity contribution in [1.29, 1.82) is 0 Å². The summed E-state index contributed by atoms with van der Waals surface area (Å²) in [7, 11) is 1.90. The van der Waals surface area contributed by atoms with Crippen molar-refractivity contribution in [1.82, 2.24) is 5.32 Å². The minimum Gasteiger partial charge on any atom is -0.317 e. The van der Waals surface area contributed by atoms with Gasteiger partial charge < -0.3 is 5.32 Å². The lowest BCUT2D eigenvalue weighted by atomic mass is 9.97. The van der Waals surface area contributed by atoms with Crippen LogP contribution in [-0.4, -0.2) is 13.1 Å². The van der Waals surface area contributed by atoms with Crippen LogP contribution in [0.4, 0.5) is 13.2 Å². The molecule has 0 radical (unpaired) electrons. The lowest BCUT2D eigenvalue weighted by molar-refractivity contribution is -0.137. The molecule has 0 bridgehead atoms. The summed E-state index contributed by atoms with van der Waals surface area (Å²) < 4.78 is 37.3. The first-order chi connectivity index (χ1) is 8.82. The van der Waals surface area contributed by atoms with Crippen molar-refractivity contribution in [2.24, 2.45) is 5.92 Å². The normalized spacial score (nSPS) is 13.8. The Morgan fingerprint density at radius 2 is 1.63 bits per heavy atom. The molecule has 1 rings (SSSR count). The van der Waals surface area contributed by atoms with E-state index >= 15 is 0 Å². The van der Waals surface area contributed by atoms with E-state index in [0.29, 0.717) is 12.0 Å². The van der Waals surface area contributed by atoms with E-state index in [1.807, 2.05) is 7.05 Å². The molecule has 0 spiro atoms. The maximum absolute atomic E-state index is 12.4. The standard InChI is InChI=1S/C15H22F3N/c1-11(2)4-9-14(19-3)10-12-5-7-13(8-6-12)15(16,17)18/h5-8,11,14,19H,4,9-10H2,1-3H3. The van der Waals surface area contributed by atoms with Crippen LogP contribution in [0.1, 0.15) is 37.8 Å². The van der Waals surface area contributed by atoms with Crippen molar-refractivity contribution in [2.75, 3.05) is 7.05 Å². The molecule has 0 saturated heterocycles. The number of likely N-dealkylation sites (N-methyl/N-ethyl adjacent to an activating group) is 1. The van der Waals surface area contributed by atoms with E-state index in [1.54, 1.807) is 12.1 Å². The Labute approximate surface area is 113 Å². The molecule has 0 fully saturated rings. The van der Waals surface area contributed by atoms with Crippen molar-refractivity contribution in [3.05, 3.63) is 35.4 Å². The van der Waals surface area contributed by atoms with E-state index in [1.165, 1.54) is 0 Å². The fourth-order valence-electron chi connectivity index (χ4n) is 2.00. The Bertz CT molecular complexity index is 368. The van der Waals surface area contributed by atoms with Gasteiger partial charge in [-0.3, -0.25) is 0 Å². The minimum atomic E-state index is -4.25. The van der Waals surface area contributed by atoms with Crippen molar-refractivity contribution in [3.8, 4) is 0 Å². The van der Waals surface area contributed by atoms with Gasteiger partial charge in [0.2, 0.25) is 0 Å². The largest absolute Gasteiger partial charge is 0.416 e. The monoisotopic (exact) mass is 273 g/mol. The second-order valence-corrected chi connectivity index (χ2v) is 5.36. The highest BCUT2D eigenvalue weighted by atomic mass is 19.4. The molecule has 1 aromatic carbocycles. The number of halogens is 3. The van der Waals surface area contributed by atoms with Crippen LogP contribution in [0, 0.1) is 5.92 Å². The van der Waals surface area contributed by atoms with Gasteiger partial charge in [0.15, 0.2) is 0 Å². The van der Waals surface area contributed by atoms with Crippen molar-refractivity contribution in [3.63, 3.8) is 0 Å². The molecule has 0 saturated carbocycles. The summed E-state index contributed by atoms with van der Waals surface area (Å²) in [6.07, 6.45) is -1.33. The average molecular weight is 273 g/mol. The fourth-order valence-corrected chi connectivity index (χ4v) is 2.00. The van der Waals surface area contributed by atoms with Gasteiger partial charge in [0.1, 0.15) is 0 Å². The molecule has 1 unspecified atom stereocenters. The van der Waals surface area contributed by atoms with Crippen LogP contribution >= 0.6 is 0 Å². The van der Waals surface area contributed by atoms with Crippen molar-refractivity contribution < 1.29 is 13.2 Å². The predicted octanol–water partition coefficient (Wildman–Crippen LogP) is 4.27. The Kier molecular flexibility index (Phi) is 5.85. The van der Waals surface area contributed by atoms with Gasteiger partial charge in [0, 0.05) is 6.04 Å². The molecule has 0 aliphatic carbocycles. The van der Waals surface area contributed by atoms with Gasteiger partial charge in [0.25, 0.3) is 0 Å². The fraction of sp³-hybridized carbons (Fsp3) is 0.600. The Morgan fingerprint density at radius 3 is 2.05 bits per heavy atom. The van der Waals surface area contributed by atoms with Gasteiger partial charge in [-0.25, -0.2) is 0 Å². The zero-order valence-corrected chi connectivity index (χ0v) is 11.7. The van der Waals surface area contributed by atoms with E-state index in [0.717, 1.165) is 37.0 Å². The lowest BCUT2D eigenvalue weighted by Gasteiger charge is -2.17. The summed E-state index contributed by atoms with van der Waals surface area (Å²) >= 11 is 0. The van der Waals surface area contributed by atoms with Gasteiger partial charge in [-0.2, -0.15) is 13.2 Å². The average Bonchev–Trinajstić information content (AvgIpc) is 2.33. The molecule has 0 aromatic heterocycles. The molecule has 1 N–H and O–H groups in total. The second kappa shape index (κ2) is 6.94. The highest BCUT2D eigenvalue weighted by Crippen LogP contribution is 2.29. The molecule has 1 aromatic rings. The van der Waals surface area contributed by atoms with Crippen LogP contribution in [0.3, 0.4) is 0 Å². The van der Waals surface area contributed by atoms with Gasteiger partial charge in [-0.1, -0.05) is 26.0 Å². The first-order valence-corrected chi connectivity index (χ1v) is 6.66. The molecule has 1 nitrogen and oxygen atoms in total. The summed E-state index contributed by atoms with van der Waals surface area (Å²) in [5, 5.41) is 3.23. The Morgan fingerprint density at radius 1 is 1.05 bits per heavy atom. The van der Waals surface area contributed by atoms with Crippen LogP contribution in [0.25, 0.3) is 0 Å². The predicted molar refractivity (Wildman–Crippen MR) is 72.1 cm³/mol. The van der Waals surface area contributed by atoms with Gasteiger partial charge in [0.05, 0.1) is 5.56 Å². The zero-order valence-electron chi connectivity index (χ0n) is 11.7. The number of nitrogens with one attached hydrogen (secondary N) is 1. The summed E-state index contributed by atoms with van der Waals surface area (Å²) in [5.74, 6) is 0.642. The summed E-state index contributed by atoms with van der Waals surface area (Å²) in [6.45, 7) is 4.34. The summed E-state index contributed by atoms with van der Waals surface area (Å²) in [5.41, 5.74) is 0.357. The number of hydrogen-bond acceptors (Lipinski definition) is 1. The third-order valence-electron chi connectivity index (χ3n) is 3.26. The topological polar surface area (TPSA) is 12.0 Å². The molecular weight excluding hydrogens is 251 g/mol. The van der Waals surface area contributed by atoms with E-state index in [2.05, 4.69) is 19.2 Å². The van der Waals surface area contributed by atoms with E-state index in [4.69, 9.17) is 0 Å². The van der Waals surface area contributed by atoms with E-state index in [9.17, 15) is 13.2 Å². The quantitative estimate of drug-likeness (QED) is 0.816. The molecular formula is C15H22F3N. The van der Waals surface area contributed by atoms with Gasteiger partial charge >= 0.3 is 6.18 Å². The smallest absolute Gasteiger partial charge is 0.317 e. The number of benzene rings is 1. The maximum Gasteiger partial charge on any atom is 0.416 e. The van der Waals surface area contributed by atoms with E-state index in [-0.39, 0.29) is 0 Å². The highest BCUT2D eigenvalue weighted by Gasteiger charge is 2.29. The Hall–Kier alpha value is -1.03. The zero-order chi connectivity index (χ0) is 14.5. The molecule has 1 atom stereocenters. The van der Waals surface area contributed by atoms with Gasteiger partial charge in [-0.15, -0.1) is 0 Å². The van der Waals surface area contributed by atoms with Crippen molar-refractivity contribution >= 4 is 0 Å². The number of rotatable bonds is 6. The third-order valence-corrected chi connectivity index (χ3v) is 3.26. The van der Waals surface area contributed by atoms with Crippen LogP contribution in [0.15, 0.2) is 24.3 Å². The first kappa shape index (κ1) is 16.0. The van der Waals surface area contributed by atoms with Crippen molar-refractivity contribution in [2.45, 2.75) is 45.3 Å². The summed E-state index contributed by atoms with van der Waals surface area (Å²) in [6, 6.07) is 5.78. The van der Waals surface area contributed by atoms with Crippen LogP contribution in [0.5, 0.6) is 0 Å². The van der Waals surface area contributed by atoms with Crippen LogP contribution in [-0.2, 0) is 12.6 Å².